The van der Waals surface area contributed by atoms with Gasteiger partial charge in [0.1, 0.15) is 17.0 Å². The average molecular weight is 462 g/mol. The van der Waals surface area contributed by atoms with Crippen LogP contribution in [-0.2, 0) is 19.9 Å². The van der Waals surface area contributed by atoms with E-state index in [4.69, 9.17) is 4.74 Å². The number of ether oxygens (including phenoxy) is 1. The fourth-order valence-electron chi connectivity index (χ4n) is 6.52. The highest BCUT2D eigenvalue weighted by Gasteiger charge is 2.74. The molecule has 0 saturated carbocycles. The first-order valence-electron chi connectivity index (χ1n) is 11.2. The van der Waals surface area contributed by atoms with Crippen LogP contribution in [0.2, 0.25) is 0 Å². The van der Waals surface area contributed by atoms with Crippen molar-refractivity contribution in [3.63, 3.8) is 0 Å². The van der Waals surface area contributed by atoms with Gasteiger partial charge in [0.2, 0.25) is 17.7 Å². The summed E-state index contributed by atoms with van der Waals surface area (Å²) >= 11 is 0. The first kappa shape index (κ1) is 20.8. The number of benzene rings is 2. The van der Waals surface area contributed by atoms with Crippen molar-refractivity contribution >= 4 is 34.8 Å². The number of nitrogens with zero attached hydrogens (tertiary/aromatic N) is 3. The van der Waals surface area contributed by atoms with E-state index in [0.29, 0.717) is 24.2 Å². The Morgan fingerprint density at radius 2 is 1.94 bits per heavy atom. The van der Waals surface area contributed by atoms with E-state index in [2.05, 4.69) is 5.32 Å². The number of hydrogen-bond donors (Lipinski definition) is 1. The molecule has 1 N–H and O–H groups in total. The standard InChI is InChI=1S/C24H22N4O6/c1-12-5-7-15-14(10-12)24(23(31)25-15)20-19(16-4-3-9-26(16)24)21(29)27(22(20)30)17-11-13(28(32)33)6-8-18(17)34-2/h5-8,10-11,16,19-20H,3-4,9H2,1-2H3,(H,25,31)/t16-,19-,20+,24-/m1/s1. The van der Waals surface area contributed by atoms with Gasteiger partial charge in [0.25, 0.3) is 5.69 Å². The number of imide groups is 1. The Morgan fingerprint density at radius 3 is 2.68 bits per heavy atom. The molecule has 0 unspecified atom stereocenters. The predicted molar refractivity (Wildman–Crippen MR) is 120 cm³/mol. The molecule has 4 atom stereocenters. The molecule has 174 valence electrons. The van der Waals surface area contributed by atoms with Crippen molar-refractivity contribution in [2.24, 2.45) is 11.8 Å². The third kappa shape index (κ3) is 2.35. The van der Waals surface area contributed by atoms with Crippen LogP contribution in [0.4, 0.5) is 17.1 Å². The van der Waals surface area contributed by atoms with Gasteiger partial charge in [-0.2, -0.15) is 0 Å². The molecule has 3 fully saturated rings. The molecule has 10 nitrogen and oxygen atoms in total. The smallest absolute Gasteiger partial charge is 0.271 e. The summed E-state index contributed by atoms with van der Waals surface area (Å²) in [6.45, 7) is 2.53. The van der Waals surface area contributed by atoms with E-state index in [0.717, 1.165) is 16.9 Å². The summed E-state index contributed by atoms with van der Waals surface area (Å²) in [6, 6.07) is 9.19. The zero-order valence-corrected chi connectivity index (χ0v) is 18.6. The summed E-state index contributed by atoms with van der Waals surface area (Å²) in [5.74, 6) is -2.77. The third-order valence-corrected chi connectivity index (χ3v) is 7.76. The summed E-state index contributed by atoms with van der Waals surface area (Å²) in [5.41, 5.74) is 0.791. The SMILES string of the molecule is COc1ccc([N+](=O)[O-])cc1N1C(=O)[C@@H]2[C@H]3CCCN3[C@@]3(C(=O)Nc4ccc(C)cc43)[C@@H]2C1=O. The number of non-ortho nitro benzene ring substituents is 1. The molecule has 0 bridgehead atoms. The molecule has 0 aliphatic carbocycles. The highest BCUT2D eigenvalue weighted by molar-refractivity contribution is 6.26. The summed E-state index contributed by atoms with van der Waals surface area (Å²) in [6.07, 6.45) is 1.50. The molecule has 0 aromatic heterocycles. The highest BCUT2D eigenvalue weighted by atomic mass is 16.6. The van der Waals surface area contributed by atoms with Crippen molar-refractivity contribution in [3.05, 3.63) is 57.6 Å². The number of hydrogen-bond acceptors (Lipinski definition) is 7. The first-order valence-corrected chi connectivity index (χ1v) is 11.2. The molecule has 4 aliphatic heterocycles. The lowest BCUT2D eigenvalue weighted by Gasteiger charge is -2.36. The zero-order chi connectivity index (χ0) is 23.9. The molecule has 2 aromatic rings. The molecule has 2 aromatic carbocycles. The number of aryl methyl sites for hydroxylation is 1. The van der Waals surface area contributed by atoms with Crippen molar-refractivity contribution in [3.8, 4) is 5.75 Å². The Kier molecular flexibility index (Phi) is 4.20. The highest BCUT2D eigenvalue weighted by Crippen LogP contribution is 2.61. The van der Waals surface area contributed by atoms with E-state index in [9.17, 15) is 24.5 Å². The second kappa shape index (κ2) is 6.86. The summed E-state index contributed by atoms with van der Waals surface area (Å²) in [7, 11) is 1.38. The van der Waals surface area contributed by atoms with Gasteiger partial charge < -0.3 is 10.1 Å². The Labute approximate surface area is 194 Å². The normalized spacial score (nSPS) is 29.4. The number of nitro benzene ring substituents is 1. The molecule has 3 amide bonds. The monoisotopic (exact) mass is 462 g/mol. The van der Waals surface area contributed by atoms with Crippen molar-refractivity contribution in [1.82, 2.24) is 4.90 Å². The molecule has 6 rings (SSSR count). The maximum atomic E-state index is 14.1. The van der Waals surface area contributed by atoms with Crippen LogP contribution < -0.4 is 15.0 Å². The van der Waals surface area contributed by atoms with Gasteiger partial charge in [-0.15, -0.1) is 0 Å². The zero-order valence-electron chi connectivity index (χ0n) is 18.6. The molecule has 4 heterocycles. The maximum absolute atomic E-state index is 14.1. The van der Waals surface area contributed by atoms with Gasteiger partial charge in [-0.25, -0.2) is 4.90 Å². The van der Waals surface area contributed by atoms with Gasteiger partial charge >= 0.3 is 0 Å². The Hall–Kier alpha value is -3.79. The Balaban J connectivity index is 1.56. The fourth-order valence-corrected chi connectivity index (χ4v) is 6.52. The quantitative estimate of drug-likeness (QED) is 0.422. The molecular weight excluding hydrogens is 440 g/mol. The van der Waals surface area contributed by atoms with E-state index in [1.54, 1.807) is 0 Å². The minimum absolute atomic E-state index is 0.0312. The number of anilines is 2. The van der Waals surface area contributed by atoms with Crippen molar-refractivity contribution in [2.45, 2.75) is 31.3 Å². The van der Waals surface area contributed by atoms with Crippen LogP contribution in [0.15, 0.2) is 36.4 Å². The second-order valence-corrected chi connectivity index (χ2v) is 9.30. The van der Waals surface area contributed by atoms with Crippen LogP contribution in [0.5, 0.6) is 5.75 Å². The molecule has 1 spiro atoms. The van der Waals surface area contributed by atoms with Gasteiger partial charge in [-0.1, -0.05) is 17.7 Å². The molecule has 3 saturated heterocycles. The minimum Gasteiger partial charge on any atom is -0.495 e. The third-order valence-electron chi connectivity index (χ3n) is 7.76. The van der Waals surface area contributed by atoms with Crippen molar-refractivity contribution in [2.75, 3.05) is 23.9 Å². The van der Waals surface area contributed by atoms with Gasteiger partial charge in [0.15, 0.2) is 0 Å². The number of methoxy groups -OCH3 is 1. The molecule has 34 heavy (non-hydrogen) atoms. The Bertz CT molecular complexity index is 1310. The largest absolute Gasteiger partial charge is 0.495 e. The average Bonchev–Trinajstić information content (AvgIpc) is 3.52. The predicted octanol–water partition coefficient (Wildman–Crippen LogP) is 2.34. The van der Waals surface area contributed by atoms with E-state index in [1.807, 2.05) is 30.0 Å². The summed E-state index contributed by atoms with van der Waals surface area (Å²) < 4.78 is 5.35. The lowest BCUT2D eigenvalue weighted by Crippen LogP contribution is -2.54. The van der Waals surface area contributed by atoms with E-state index < -0.39 is 34.1 Å². The lowest BCUT2D eigenvalue weighted by molar-refractivity contribution is -0.384. The second-order valence-electron chi connectivity index (χ2n) is 9.30. The van der Waals surface area contributed by atoms with Crippen LogP contribution in [0.25, 0.3) is 0 Å². The van der Waals surface area contributed by atoms with Crippen LogP contribution in [-0.4, -0.2) is 47.2 Å². The summed E-state index contributed by atoms with van der Waals surface area (Å²) in [5, 5.41) is 14.4. The van der Waals surface area contributed by atoms with Crippen LogP contribution >= 0.6 is 0 Å². The van der Waals surface area contributed by atoms with Gasteiger partial charge in [-0.3, -0.25) is 29.4 Å². The number of nitro groups is 1. The number of carbonyl (C=O) groups is 3. The van der Waals surface area contributed by atoms with Crippen LogP contribution in [0.1, 0.15) is 24.0 Å². The van der Waals surface area contributed by atoms with E-state index >= 15 is 0 Å². The number of amides is 3. The van der Waals surface area contributed by atoms with Crippen molar-refractivity contribution in [1.29, 1.82) is 0 Å². The minimum atomic E-state index is -1.29. The van der Waals surface area contributed by atoms with E-state index in [1.165, 1.54) is 25.3 Å². The number of fused-ring (bicyclic) bond motifs is 7. The van der Waals surface area contributed by atoms with Gasteiger partial charge in [-0.05, 0) is 38.4 Å². The van der Waals surface area contributed by atoms with Crippen LogP contribution in [0, 0.1) is 28.9 Å². The maximum Gasteiger partial charge on any atom is 0.271 e. The molecular formula is C24H22N4O6. The number of nitrogens with one attached hydrogen (secondary N) is 1. The molecule has 0 radical (unpaired) electrons. The molecule has 10 heteroatoms. The van der Waals surface area contributed by atoms with Crippen LogP contribution in [0.3, 0.4) is 0 Å². The lowest BCUT2D eigenvalue weighted by atomic mass is 9.75. The number of carbonyl (C=O) groups excluding carboxylic acids is 3. The number of rotatable bonds is 3. The fraction of sp³-hybridized carbons (Fsp3) is 0.375. The van der Waals surface area contributed by atoms with Gasteiger partial charge in [0, 0.05) is 29.4 Å². The summed E-state index contributed by atoms with van der Waals surface area (Å²) in [4.78, 5) is 55.4. The van der Waals surface area contributed by atoms with E-state index in [-0.39, 0.29) is 29.1 Å². The Morgan fingerprint density at radius 1 is 1.15 bits per heavy atom. The first-order chi connectivity index (χ1) is 16.3. The van der Waals surface area contributed by atoms with Gasteiger partial charge in [0.05, 0.1) is 23.9 Å². The topological polar surface area (TPSA) is 122 Å². The molecule has 4 aliphatic rings. The van der Waals surface area contributed by atoms with Crippen molar-refractivity contribution < 1.29 is 24.0 Å².